The van der Waals surface area contributed by atoms with E-state index in [1.165, 1.54) is 13.8 Å². The molecule has 0 unspecified atom stereocenters. The molecule has 1 aromatic carbocycles. The minimum Gasteiger partial charge on any atom is -0.320 e. The van der Waals surface area contributed by atoms with Crippen LogP contribution in [0, 0.1) is 25.5 Å². The zero-order valence-corrected chi connectivity index (χ0v) is 13.1. The van der Waals surface area contributed by atoms with E-state index in [0.717, 1.165) is 18.2 Å². The van der Waals surface area contributed by atoms with Crippen molar-refractivity contribution in [3.05, 3.63) is 41.2 Å². The van der Waals surface area contributed by atoms with E-state index in [4.69, 9.17) is 0 Å². The summed E-state index contributed by atoms with van der Waals surface area (Å²) < 4.78 is 53.1. The summed E-state index contributed by atoms with van der Waals surface area (Å²) in [5.74, 6) is -2.82. The molecule has 2 rings (SSSR count). The summed E-state index contributed by atoms with van der Waals surface area (Å²) in [5, 5.41) is 8.26. The molecule has 0 aliphatic heterocycles. The summed E-state index contributed by atoms with van der Waals surface area (Å²) in [5.41, 5.74) is -0.0708. The molecule has 0 aliphatic rings. The van der Waals surface area contributed by atoms with E-state index in [2.05, 4.69) is 14.9 Å². The van der Waals surface area contributed by atoms with Gasteiger partial charge in [-0.05, 0) is 26.0 Å². The Morgan fingerprint density at radius 3 is 2.39 bits per heavy atom. The quantitative estimate of drug-likeness (QED) is 0.759. The lowest BCUT2D eigenvalue weighted by atomic mass is 10.3. The number of aryl methyl sites for hydroxylation is 2. The second-order valence-corrected chi connectivity index (χ2v) is 6.44. The van der Waals surface area contributed by atoms with E-state index in [0.29, 0.717) is 5.69 Å². The number of hydrogen-bond donors (Lipinski definition) is 3. The van der Waals surface area contributed by atoms with Crippen molar-refractivity contribution in [2.24, 2.45) is 0 Å². The fourth-order valence-corrected chi connectivity index (χ4v) is 3.32. The number of amides is 1. The highest BCUT2D eigenvalue weighted by atomic mass is 32.2. The van der Waals surface area contributed by atoms with Crippen LogP contribution in [0.15, 0.2) is 23.1 Å². The topological polar surface area (TPSA) is 104 Å². The third-order valence-electron chi connectivity index (χ3n) is 2.98. The molecule has 2 aromatic rings. The first-order valence-electron chi connectivity index (χ1n) is 6.47. The van der Waals surface area contributed by atoms with Crippen molar-refractivity contribution in [2.75, 3.05) is 11.9 Å². The third kappa shape index (κ3) is 3.71. The molecule has 1 heterocycles. The zero-order chi connectivity index (χ0) is 17.2. The number of anilines is 1. The van der Waals surface area contributed by atoms with E-state index in [1.807, 2.05) is 5.32 Å². The van der Waals surface area contributed by atoms with Gasteiger partial charge in [-0.15, -0.1) is 0 Å². The van der Waals surface area contributed by atoms with Crippen molar-refractivity contribution in [2.45, 2.75) is 18.7 Å². The molecule has 0 radical (unpaired) electrons. The monoisotopic (exact) mass is 344 g/mol. The zero-order valence-electron chi connectivity index (χ0n) is 12.3. The van der Waals surface area contributed by atoms with Gasteiger partial charge in [0.1, 0.15) is 22.2 Å². The SMILES string of the molecule is Cc1n[nH]c(C)c1S(=O)(=O)NCC(=O)Nc1c(F)cccc1F. The molecule has 3 N–H and O–H groups in total. The number of hydrogen-bond acceptors (Lipinski definition) is 4. The first-order chi connectivity index (χ1) is 10.7. The molecule has 124 valence electrons. The fraction of sp³-hybridized carbons (Fsp3) is 0.231. The minimum absolute atomic E-state index is 0.0672. The maximum absolute atomic E-state index is 13.4. The number of nitrogens with zero attached hydrogens (tertiary/aromatic N) is 1. The van der Waals surface area contributed by atoms with E-state index in [9.17, 15) is 22.0 Å². The smallest absolute Gasteiger partial charge is 0.244 e. The average Bonchev–Trinajstić information content (AvgIpc) is 2.81. The van der Waals surface area contributed by atoms with Gasteiger partial charge in [0.05, 0.1) is 17.9 Å². The van der Waals surface area contributed by atoms with Crippen LogP contribution in [-0.4, -0.2) is 31.1 Å². The predicted molar refractivity (Wildman–Crippen MR) is 78.2 cm³/mol. The van der Waals surface area contributed by atoms with Gasteiger partial charge in [0.25, 0.3) is 0 Å². The lowest BCUT2D eigenvalue weighted by Gasteiger charge is -2.09. The van der Waals surface area contributed by atoms with Crippen molar-refractivity contribution in [1.29, 1.82) is 0 Å². The van der Waals surface area contributed by atoms with Gasteiger partial charge in [0.15, 0.2) is 0 Å². The van der Waals surface area contributed by atoms with Gasteiger partial charge in [-0.25, -0.2) is 21.9 Å². The van der Waals surface area contributed by atoms with Crippen LogP contribution in [0.5, 0.6) is 0 Å². The van der Waals surface area contributed by atoms with Crippen LogP contribution in [0.1, 0.15) is 11.4 Å². The van der Waals surface area contributed by atoms with Crippen LogP contribution in [0.2, 0.25) is 0 Å². The lowest BCUT2D eigenvalue weighted by molar-refractivity contribution is -0.115. The number of aromatic amines is 1. The van der Waals surface area contributed by atoms with Gasteiger partial charge in [0, 0.05) is 0 Å². The first kappa shape index (κ1) is 17.0. The molecule has 0 saturated heterocycles. The molecule has 0 fully saturated rings. The number of H-pyrrole nitrogens is 1. The number of aromatic nitrogens is 2. The molecule has 0 spiro atoms. The highest BCUT2D eigenvalue weighted by Gasteiger charge is 2.23. The van der Waals surface area contributed by atoms with Gasteiger partial charge >= 0.3 is 0 Å². The highest BCUT2D eigenvalue weighted by molar-refractivity contribution is 7.89. The Balaban J connectivity index is 2.08. The number of carbonyl (C=O) groups is 1. The Hall–Kier alpha value is -2.33. The number of nitrogens with one attached hydrogen (secondary N) is 3. The van der Waals surface area contributed by atoms with Crippen LogP contribution >= 0.6 is 0 Å². The normalized spacial score (nSPS) is 11.5. The van der Waals surface area contributed by atoms with Crippen molar-refractivity contribution in [1.82, 2.24) is 14.9 Å². The van der Waals surface area contributed by atoms with E-state index in [1.54, 1.807) is 0 Å². The molecule has 10 heteroatoms. The molecule has 0 bridgehead atoms. The fourth-order valence-electron chi connectivity index (χ4n) is 1.97. The number of benzene rings is 1. The Labute approximate surface area is 131 Å². The van der Waals surface area contributed by atoms with E-state index in [-0.39, 0.29) is 10.6 Å². The molecule has 7 nitrogen and oxygen atoms in total. The third-order valence-corrected chi connectivity index (χ3v) is 4.64. The minimum atomic E-state index is -3.98. The summed E-state index contributed by atoms with van der Waals surface area (Å²) in [6.07, 6.45) is 0. The second kappa shape index (κ2) is 6.42. The summed E-state index contributed by atoms with van der Waals surface area (Å²) in [4.78, 5) is 11.6. The average molecular weight is 344 g/mol. The van der Waals surface area contributed by atoms with Crippen LogP contribution in [0.4, 0.5) is 14.5 Å². The van der Waals surface area contributed by atoms with Crippen molar-refractivity contribution >= 4 is 21.6 Å². The van der Waals surface area contributed by atoms with Gasteiger partial charge in [-0.1, -0.05) is 6.07 Å². The Kier molecular flexibility index (Phi) is 4.76. The van der Waals surface area contributed by atoms with Crippen molar-refractivity contribution in [3.8, 4) is 0 Å². The largest absolute Gasteiger partial charge is 0.320 e. The maximum Gasteiger partial charge on any atom is 0.244 e. The predicted octanol–water partition coefficient (Wildman–Crippen LogP) is 1.22. The van der Waals surface area contributed by atoms with Crippen molar-refractivity contribution in [3.63, 3.8) is 0 Å². The first-order valence-corrected chi connectivity index (χ1v) is 7.96. The van der Waals surface area contributed by atoms with Gasteiger partial charge in [0.2, 0.25) is 15.9 Å². The number of halogens is 2. The van der Waals surface area contributed by atoms with Crippen LogP contribution in [0.25, 0.3) is 0 Å². The maximum atomic E-state index is 13.4. The molecule has 0 aliphatic carbocycles. The van der Waals surface area contributed by atoms with Gasteiger partial charge in [-0.2, -0.15) is 5.10 Å². The molecule has 0 saturated carbocycles. The Morgan fingerprint density at radius 2 is 1.87 bits per heavy atom. The number of rotatable bonds is 5. The summed E-state index contributed by atoms with van der Waals surface area (Å²) in [6.45, 7) is 2.33. The van der Waals surface area contributed by atoms with Crippen LogP contribution < -0.4 is 10.0 Å². The molecule has 1 amide bonds. The Bertz CT molecular complexity index is 809. The summed E-state index contributed by atoms with van der Waals surface area (Å²) in [7, 11) is -3.98. The lowest BCUT2D eigenvalue weighted by Crippen LogP contribution is -2.33. The molecular weight excluding hydrogens is 330 g/mol. The standard InChI is InChI=1S/C13H14F2N4O3S/c1-7-13(8(2)19-18-7)23(21,22)16-6-11(20)17-12-9(14)4-3-5-10(12)15/h3-5,16H,6H2,1-2H3,(H,17,20)(H,18,19). The van der Waals surface area contributed by atoms with E-state index >= 15 is 0 Å². The molecular formula is C13H14F2N4O3S. The van der Waals surface area contributed by atoms with Crippen LogP contribution in [0.3, 0.4) is 0 Å². The highest BCUT2D eigenvalue weighted by Crippen LogP contribution is 2.18. The number of para-hydroxylation sites is 1. The van der Waals surface area contributed by atoms with Crippen LogP contribution in [-0.2, 0) is 14.8 Å². The second-order valence-electron chi connectivity index (χ2n) is 4.73. The summed E-state index contributed by atoms with van der Waals surface area (Å²) >= 11 is 0. The molecule has 0 atom stereocenters. The summed E-state index contributed by atoms with van der Waals surface area (Å²) in [6, 6.07) is 3.09. The molecule has 1 aromatic heterocycles. The number of sulfonamides is 1. The van der Waals surface area contributed by atoms with Gasteiger partial charge < -0.3 is 5.32 Å². The van der Waals surface area contributed by atoms with Crippen molar-refractivity contribution < 1.29 is 22.0 Å². The van der Waals surface area contributed by atoms with E-state index < -0.39 is 39.8 Å². The van der Waals surface area contributed by atoms with Gasteiger partial charge in [-0.3, -0.25) is 9.89 Å². The Morgan fingerprint density at radius 1 is 1.26 bits per heavy atom. The molecule has 23 heavy (non-hydrogen) atoms. The number of carbonyl (C=O) groups excluding carboxylic acids is 1.